The normalized spacial score (nSPS) is 10.6. The van der Waals surface area contributed by atoms with Crippen molar-refractivity contribution in [1.29, 1.82) is 0 Å². The van der Waals surface area contributed by atoms with Crippen LogP contribution in [0.25, 0.3) is 32.9 Å². The Hall–Kier alpha value is -2.15. The molecule has 0 amide bonds. The molecular formula is C24H28Br2N4. The zero-order chi connectivity index (χ0) is 19.5. The van der Waals surface area contributed by atoms with Gasteiger partial charge in [0.25, 0.3) is 0 Å². The summed E-state index contributed by atoms with van der Waals surface area (Å²) in [7, 11) is 0. The van der Waals surface area contributed by atoms with E-state index in [0.717, 1.165) is 37.3 Å². The van der Waals surface area contributed by atoms with Gasteiger partial charge in [-0.1, -0.05) is 24.3 Å². The van der Waals surface area contributed by atoms with E-state index in [1.54, 1.807) is 0 Å². The number of aromatic nitrogens is 1. The average molecular weight is 532 g/mol. The maximum absolute atomic E-state index is 6.19. The predicted octanol–water partition coefficient (Wildman–Crippen LogP) is -2.47. The Morgan fingerprint density at radius 1 is 0.700 bits per heavy atom. The molecule has 1 aromatic heterocycles. The first-order chi connectivity index (χ1) is 13.7. The van der Waals surface area contributed by atoms with Crippen molar-refractivity contribution < 1.29 is 44.3 Å². The van der Waals surface area contributed by atoms with Gasteiger partial charge in [0.1, 0.15) is 6.54 Å². The summed E-state index contributed by atoms with van der Waals surface area (Å²) < 4.78 is 2.42. The summed E-state index contributed by atoms with van der Waals surface area (Å²) in [6.07, 6.45) is 3.43. The number of halogens is 2. The highest BCUT2D eigenvalue weighted by molar-refractivity contribution is 6.10. The summed E-state index contributed by atoms with van der Waals surface area (Å²) in [5.41, 5.74) is 21.5. The third kappa shape index (κ3) is 4.77. The van der Waals surface area contributed by atoms with Crippen LogP contribution in [0.1, 0.15) is 19.3 Å². The fourth-order valence-electron chi connectivity index (χ4n) is 4.02. The van der Waals surface area contributed by atoms with Crippen LogP contribution < -0.4 is 55.7 Å². The Bertz CT molecular complexity index is 1130. The van der Waals surface area contributed by atoms with E-state index in [2.05, 4.69) is 64.9 Å². The minimum Gasteiger partial charge on any atom is -1.00 e. The number of rotatable bonds is 6. The van der Waals surface area contributed by atoms with Gasteiger partial charge in [-0.2, -0.15) is 4.57 Å². The number of fused-ring (bicyclic) bond motifs is 3. The lowest BCUT2D eigenvalue weighted by molar-refractivity contribution is -0.659. The molecule has 4 aromatic rings. The Kier molecular flexibility index (Phi) is 8.65. The molecule has 0 aliphatic carbocycles. The largest absolute Gasteiger partial charge is 1.00 e. The standard InChI is InChI=1S/C24H26N4.2BrH/c25-13-5-2-6-14-28-23-16-19(27)10-12-21(23)20-11-9-18(26)15-22(20)24(28)17-7-3-1-4-8-17;;/h1,3-4,7-12,15-16,27H,2,5-6,13-14,25-26H2;2*1H. The van der Waals surface area contributed by atoms with E-state index in [-0.39, 0.29) is 34.0 Å². The lowest BCUT2D eigenvalue weighted by Gasteiger charge is -2.13. The summed E-state index contributed by atoms with van der Waals surface area (Å²) in [5, 5.41) is 3.60. The average Bonchev–Trinajstić information content (AvgIpc) is 2.71. The molecule has 1 heterocycles. The molecule has 6 heteroatoms. The lowest BCUT2D eigenvalue weighted by atomic mass is 9.98. The van der Waals surface area contributed by atoms with Crippen molar-refractivity contribution in [3.8, 4) is 11.3 Å². The fourth-order valence-corrected chi connectivity index (χ4v) is 4.02. The van der Waals surface area contributed by atoms with Crippen LogP contribution in [0.5, 0.6) is 0 Å². The number of unbranched alkanes of at least 4 members (excludes halogenated alkanes) is 2. The molecule has 0 unspecified atom stereocenters. The van der Waals surface area contributed by atoms with Gasteiger partial charge in [-0.3, -0.25) is 0 Å². The van der Waals surface area contributed by atoms with Crippen LogP contribution in [0.4, 0.5) is 11.4 Å². The minimum atomic E-state index is 0. The molecule has 0 saturated carbocycles. The predicted molar refractivity (Wildman–Crippen MR) is 118 cm³/mol. The van der Waals surface area contributed by atoms with Gasteiger partial charge in [-0.15, -0.1) is 0 Å². The van der Waals surface area contributed by atoms with Crippen molar-refractivity contribution in [2.24, 2.45) is 0 Å². The summed E-state index contributed by atoms with van der Waals surface area (Å²) in [4.78, 5) is 0. The van der Waals surface area contributed by atoms with E-state index >= 15 is 0 Å². The van der Waals surface area contributed by atoms with Crippen molar-refractivity contribution in [1.82, 2.24) is 0 Å². The van der Waals surface area contributed by atoms with E-state index in [0.29, 0.717) is 0 Å². The minimum absolute atomic E-state index is 0. The maximum Gasteiger partial charge on any atom is 0.220 e. The lowest BCUT2D eigenvalue weighted by Crippen LogP contribution is -3.00. The molecule has 0 saturated heterocycles. The summed E-state index contributed by atoms with van der Waals surface area (Å²) in [5.74, 6) is 0. The number of nitrogens with zero attached hydrogens (tertiary/aromatic N) is 1. The molecule has 0 atom stereocenters. The van der Waals surface area contributed by atoms with Crippen LogP contribution >= 0.6 is 0 Å². The van der Waals surface area contributed by atoms with Gasteiger partial charge in [0.2, 0.25) is 11.2 Å². The molecule has 0 spiro atoms. The van der Waals surface area contributed by atoms with E-state index in [1.165, 1.54) is 39.4 Å². The Morgan fingerprint density at radius 2 is 1.37 bits per heavy atom. The second-order valence-electron chi connectivity index (χ2n) is 7.36. The molecule has 30 heavy (non-hydrogen) atoms. The van der Waals surface area contributed by atoms with Crippen LogP contribution in [-0.4, -0.2) is 6.54 Å². The topological polar surface area (TPSA) is 83.6 Å². The van der Waals surface area contributed by atoms with Gasteiger partial charge in [-0.05, 0) is 49.2 Å². The number of pyridine rings is 1. The van der Waals surface area contributed by atoms with E-state index in [9.17, 15) is 0 Å². The molecule has 0 fully saturated rings. The van der Waals surface area contributed by atoms with Crippen LogP contribution in [0.15, 0.2) is 66.7 Å². The number of nitrogen functional groups attached to an aromatic ring is 2. The molecule has 0 bridgehead atoms. The maximum atomic E-state index is 6.19. The monoisotopic (exact) mass is 530 g/mol. The highest BCUT2D eigenvalue weighted by Crippen LogP contribution is 2.33. The zero-order valence-corrected chi connectivity index (χ0v) is 20.1. The van der Waals surface area contributed by atoms with E-state index in [4.69, 9.17) is 11.5 Å². The van der Waals surface area contributed by atoms with E-state index < -0.39 is 0 Å². The van der Waals surface area contributed by atoms with Crippen molar-refractivity contribution in [3.05, 3.63) is 66.7 Å². The van der Waals surface area contributed by atoms with Crippen molar-refractivity contribution in [2.45, 2.75) is 25.8 Å². The van der Waals surface area contributed by atoms with Gasteiger partial charge >= 0.3 is 0 Å². The summed E-state index contributed by atoms with van der Waals surface area (Å²) in [6, 6.07) is 23.0. The fraction of sp³-hybridized carbons (Fsp3) is 0.208. The van der Waals surface area contributed by atoms with Gasteiger partial charge in [0.05, 0.1) is 17.3 Å². The van der Waals surface area contributed by atoms with Crippen LogP contribution in [0, 0.1) is 0 Å². The number of hydrogen-bond acceptors (Lipinski definition) is 2. The number of benzene rings is 3. The number of nitrogens with two attached hydrogens (primary N) is 2. The molecule has 7 N–H and O–H groups in total. The van der Waals surface area contributed by atoms with Gasteiger partial charge in [0, 0.05) is 34.8 Å². The second kappa shape index (κ2) is 10.8. The first-order valence-corrected chi connectivity index (χ1v) is 9.98. The van der Waals surface area contributed by atoms with Crippen LogP contribution in [0.3, 0.4) is 0 Å². The Balaban J connectivity index is 0.00000160. The smallest absolute Gasteiger partial charge is 0.220 e. The molecule has 4 nitrogen and oxygen atoms in total. The zero-order valence-electron chi connectivity index (χ0n) is 17.0. The van der Waals surface area contributed by atoms with Crippen molar-refractivity contribution >= 4 is 33.1 Å². The highest BCUT2D eigenvalue weighted by atomic mass is 79.9. The van der Waals surface area contributed by atoms with Crippen molar-refractivity contribution in [3.63, 3.8) is 0 Å². The summed E-state index contributed by atoms with van der Waals surface area (Å²) >= 11 is 0. The van der Waals surface area contributed by atoms with Crippen molar-refractivity contribution in [2.75, 3.05) is 18.0 Å². The summed E-state index contributed by atoms with van der Waals surface area (Å²) in [6.45, 7) is 1.92. The first kappa shape index (κ1) is 24.1. The third-order valence-electron chi connectivity index (χ3n) is 5.35. The molecule has 4 rings (SSSR count). The Morgan fingerprint density at radius 3 is 2.07 bits per heavy atom. The second-order valence-corrected chi connectivity index (χ2v) is 7.36. The van der Waals surface area contributed by atoms with Crippen LogP contribution in [-0.2, 0) is 6.54 Å². The van der Waals surface area contributed by atoms with Crippen LogP contribution in [0.2, 0.25) is 0 Å². The molecule has 0 radical (unpaired) electrons. The third-order valence-corrected chi connectivity index (χ3v) is 5.35. The van der Waals surface area contributed by atoms with Gasteiger partial charge in [0.15, 0.2) is 0 Å². The Labute approximate surface area is 198 Å². The number of quaternary nitrogens is 1. The van der Waals surface area contributed by atoms with Gasteiger partial charge in [-0.25, -0.2) is 0 Å². The molecule has 158 valence electrons. The molecule has 0 aliphatic rings. The highest BCUT2D eigenvalue weighted by Gasteiger charge is 2.23. The number of anilines is 2. The number of hydrogen-bond donors (Lipinski definition) is 3. The van der Waals surface area contributed by atoms with Gasteiger partial charge < -0.3 is 51.2 Å². The van der Waals surface area contributed by atoms with E-state index in [1.807, 2.05) is 12.1 Å². The molecule has 0 aliphatic heterocycles. The first-order valence-electron chi connectivity index (χ1n) is 9.98. The molecule has 3 aromatic carbocycles. The quantitative estimate of drug-likeness (QED) is 0.111. The SMILES string of the molecule is Nc1ccc2c(c1)c(-c1ccccc1)[n+](CCCCC[NH3+])c1cc(N)ccc21.[Br-].[Br-]. The molecular weight excluding hydrogens is 504 g/mol. The number of aryl methyl sites for hydroxylation is 1.